The Bertz CT molecular complexity index is 907. The molecule has 2 aromatic heterocycles. The largest absolute Gasteiger partial charge is 0.497 e. The van der Waals surface area contributed by atoms with Gasteiger partial charge in [0.2, 0.25) is 0 Å². The highest BCUT2D eigenvalue weighted by atomic mass is 32.2. The molecule has 2 heterocycles. The number of imidazole rings is 1. The van der Waals surface area contributed by atoms with Crippen molar-refractivity contribution in [3.8, 4) is 5.75 Å². The summed E-state index contributed by atoms with van der Waals surface area (Å²) in [5.41, 5.74) is 2.67. The molecule has 0 radical (unpaired) electrons. The van der Waals surface area contributed by atoms with Crippen LogP contribution in [0.2, 0.25) is 0 Å². The predicted octanol–water partition coefficient (Wildman–Crippen LogP) is 3.89. The van der Waals surface area contributed by atoms with Gasteiger partial charge in [-0.1, -0.05) is 30.8 Å². The SMILES string of the molecule is CCC(CO)Sc1nc(NCc2ccc(OC)cc2)c2ncn(C(C)C)c2n1. The Labute approximate surface area is 169 Å². The van der Waals surface area contributed by atoms with Crippen molar-refractivity contribution < 1.29 is 9.84 Å². The number of methoxy groups -OCH3 is 1. The molecule has 2 N–H and O–H groups in total. The average Bonchev–Trinajstić information content (AvgIpc) is 3.15. The number of rotatable bonds is 9. The molecule has 7 nitrogen and oxygen atoms in total. The van der Waals surface area contributed by atoms with Crippen LogP contribution in [0.25, 0.3) is 11.2 Å². The number of benzene rings is 1. The van der Waals surface area contributed by atoms with Crippen LogP contribution in [0.1, 0.15) is 38.8 Å². The Balaban J connectivity index is 1.91. The molecule has 8 heteroatoms. The third-order valence-electron chi connectivity index (χ3n) is 4.51. The quantitative estimate of drug-likeness (QED) is 0.415. The summed E-state index contributed by atoms with van der Waals surface area (Å²) in [5.74, 6) is 1.53. The summed E-state index contributed by atoms with van der Waals surface area (Å²) < 4.78 is 7.25. The summed E-state index contributed by atoms with van der Waals surface area (Å²) in [6.07, 6.45) is 2.65. The third-order valence-corrected chi connectivity index (χ3v) is 5.72. The number of aliphatic hydroxyl groups excluding tert-OH is 1. The van der Waals surface area contributed by atoms with Gasteiger partial charge in [-0.25, -0.2) is 15.0 Å². The molecule has 0 bridgehead atoms. The van der Waals surface area contributed by atoms with Crippen LogP contribution >= 0.6 is 11.8 Å². The molecular weight excluding hydrogens is 374 g/mol. The summed E-state index contributed by atoms with van der Waals surface area (Å²) >= 11 is 1.50. The molecule has 0 aliphatic rings. The molecular formula is C20H27N5O2S. The first-order valence-electron chi connectivity index (χ1n) is 9.44. The van der Waals surface area contributed by atoms with E-state index < -0.39 is 0 Å². The lowest BCUT2D eigenvalue weighted by Gasteiger charge is -2.13. The van der Waals surface area contributed by atoms with Gasteiger partial charge in [-0.2, -0.15) is 0 Å². The fourth-order valence-electron chi connectivity index (χ4n) is 2.78. The highest BCUT2D eigenvalue weighted by Gasteiger charge is 2.17. The molecule has 28 heavy (non-hydrogen) atoms. The monoisotopic (exact) mass is 401 g/mol. The lowest BCUT2D eigenvalue weighted by Crippen LogP contribution is -2.10. The molecule has 0 spiro atoms. The molecule has 150 valence electrons. The number of ether oxygens (including phenoxy) is 1. The van der Waals surface area contributed by atoms with Gasteiger partial charge in [0.15, 0.2) is 22.1 Å². The number of fused-ring (bicyclic) bond motifs is 1. The van der Waals surface area contributed by atoms with Crippen molar-refractivity contribution in [2.45, 2.75) is 50.2 Å². The van der Waals surface area contributed by atoms with Crippen molar-refractivity contribution in [3.63, 3.8) is 0 Å². The van der Waals surface area contributed by atoms with E-state index in [4.69, 9.17) is 9.72 Å². The molecule has 1 aromatic carbocycles. The molecule has 0 amide bonds. The Hall–Kier alpha value is -2.32. The first-order valence-corrected chi connectivity index (χ1v) is 10.3. The molecule has 3 rings (SSSR count). The number of nitrogens with one attached hydrogen (secondary N) is 1. The van der Waals surface area contributed by atoms with Crippen LogP contribution in [-0.4, -0.2) is 43.6 Å². The number of hydrogen-bond acceptors (Lipinski definition) is 7. The van der Waals surface area contributed by atoms with Crippen LogP contribution in [0.4, 0.5) is 5.82 Å². The van der Waals surface area contributed by atoms with Gasteiger partial charge >= 0.3 is 0 Å². The maximum Gasteiger partial charge on any atom is 0.192 e. The number of thioether (sulfide) groups is 1. The third kappa shape index (κ3) is 4.56. The molecule has 3 aromatic rings. The molecule has 1 atom stereocenters. The first-order chi connectivity index (χ1) is 13.5. The minimum atomic E-state index is 0.0716. The van der Waals surface area contributed by atoms with E-state index in [-0.39, 0.29) is 17.9 Å². The van der Waals surface area contributed by atoms with Gasteiger partial charge in [0.05, 0.1) is 20.0 Å². The van der Waals surface area contributed by atoms with Crippen molar-refractivity contribution in [2.75, 3.05) is 19.0 Å². The molecule has 0 saturated carbocycles. The van der Waals surface area contributed by atoms with E-state index in [0.29, 0.717) is 17.5 Å². The molecule has 0 fully saturated rings. The Morgan fingerprint density at radius 2 is 1.96 bits per heavy atom. The second-order valence-electron chi connectivity index (χ2n) is 6.80. The zero-order chi connectivity index (χ0) is 20.1. The Morgan fingerprint density at radius 3 is 2.57 bits per heavy atom. The van der Waals surface area contributed by atoms with E-state index in [0.717, 1.165) is 28.9 Å². The van der Waals surface area contributed by atoms with Crippen LogP contribution in [0.3, 0.4) is 0 Å². The van der Waals surface area contributed by atoms with Gasteiger partial charge in [0.1, 0.15) is 5.75 Å². The highest BCUT2D eigenvalue weighted by molar-refractivity contribution is 7.99. The van der Waals surface area contributed by atoms with Crippen molar-refractivity contribution in [2.24, 2.45) is 0 Å². The maximum absolute atomic E-state index is 9.55. The molecule has 0 aliphatic heterocycles. The van der Waals surface area contributed by atoms with Crippen molar-refractivity contribution in [1.82, 2.24) is 19.5 Å². The van der Waals surface area contributed by atoms with E-state index in [1.807, 2.05) is 35.8 Å². The van der Waals surface area contributed by atoms with Crippen LogP contribution in [0.5, 0.6) is 5.75 Å². The summed E-state index contributed by atoms with van der Waals surface area (Å²) in [6.45, 7) is 6.96. The zero-order valence-electron chi connectivity index (χ0n) is 16.7. The second-order valence-corrected chi connectivity index (χ2v) is 8.07. The zero-order valence-corrected chi connectivity index (χ0v) is 17.5. The number of nitrogens with zero attached hydrogens (tertiary/aromatic N) is 4. The summed E-state index contributed by atoms with van der Waals surface area (Å²) in [4.78, 5) is 13.9. The molecule has 0 saturated heterocycles. The average molecular weight is 402 g/mol. The summed E-state index contributed by atoms with van der Waals surface area (Å²) in [5, 5.41) is 13.7. The Morgan fingerprint density at radius 1 is 1.21 bits per heavy atom. The highest BCUT2D eigenvalue weighted by Crippen LogP contribution is 2.28. The van der Waals surface area contributed by atoms with Crippen molar-refractivity contribution >= 4 is 28.7 Å². The summed E-state index contributed by atoms with van der Waals surface area (Å²) in [7, 11) is 1.66. The Kier molecular flexibility index (Phi) is 6.74. The number of anilines is 1. The topological polar surface area (TPSA) is 85.1 Å². The van der Waals surface area contributed by atoms with E-state index in [1.165, 1.54) is 11.8 Å². The van der Waals surface area contributed by atoms with Crippen LogP contribution < -0.4 is 10.1 Å². The van der Waals surface area contributed by atoms with Crippen LogP contribution in [0.15, 0.2) is 35.7 Å². The van der Waals surface area contributed by atoms with Gasteiger partial charge in [0, 0.05) is 17.8 Å². The van der Waals surface area contributed by atoms with E-state index in [1.54, 1.807) is 13.4 Å². The minimum Gasteiger partial charge on any atom is -0.497 e. The smallest absolute Gasteiger partial charge is 0.192 e. The lowest BCUT2D eigenvalue weighted by atomic mass is 10.2. The normalized spacial score (nSPS) is 12.5. The van der Waals surface area contributed by atoms with Crippen molar-refractivity contribution in [3.05, 3.63) is 36.2 Å². The van der Waals surface area contributed by atoms with Gasteiger partial charge in [-0.05, 0) is 38.0 Å². The van der Waals surface area contributed by atoms with Crippen LogP contribution in [0, 0.1) is 0 Å². The predicted molar refractivity (Wildman–Crippen MR) is 113 cm³/mol. The van der Waals surface area contributed by atoms with E-state index >= 15 is 0 Å². The summed E-state index contributed by atoms with van der Waals surface area (Å²) in [6, 6.07) is 8.16. The van der Waals surface area contributed by atoms with Crippen LogP contribution in [-0.2, 0) is 6.54 Å². The number of aromatic nitrogens is 4. The van der Waals surface area contributed by atoms with E-state index in [2.05, 4.69) is 29.1 Å². The van der Waals surface area contributed by atoms with Gasteiger partial charge in [0.25, 0.3) is 0 Å². The van der Waals surface area contributed by atoms with Gasteiger partial charge in [-0.3, -0.25) is 0 Å². The number of aliphatic hydroxyl groups is 1. The fraction of sp³-hybridized carbons (Fsp3) is 0.450. The lowest BCUT2D eigenvalue weighted by molar-refractivity contribution is 0.292. The van der Waals surface area contributed by atoms with Crippen molar-refractivity contribution in [1.29, 1.82) is 0 Å². The first kappa shape index (κ1) is 20.4. The molecule has 0 aliphatic carbocycles. The standard InChI is InChI=1S/C20H27N5O2S/c1-5-16(11-26)28-20-23-18(17-19(24-20)25(12-22-17)13(2)3)21-10-14-6-8-15(27-4)9-7-14/h6-9,12-13,16,26H,5,10-11H2,1-4H3,(H,21,23,24). The second kappa shape index (κ2) is 9.25. The minimum absolute atomic E-state index is 0.0716. The molecule has 1 unspecified atom stereocenters. The van der Waals surface area contributed by atoms with Gasteiger partial charge < -0.3 is 19.7 Å². The fourth-order valence-corrected chi connectivity index (χ4v) is 3.60. The maximum atomic E-state index is 9.55. The van der Waals surface area contributed by atoms with E-state index in [9.17, 15) is 5.11 Å². The number of hydrogen-bond donors (Lipinski definition) is 2. The van der Waals surface area contributed by atoms with Gasteiger partial charge in [-0.15, -0.1) is 0 Å².